The number of benzene rings is 2. The summed E-state index contributed by atoms with van der Waals surface area (Å²) in [6, 6.07) is 14.3. The maximum absolute atomic E-state index is 5.85. The second kappa shape index (κ2) is 5.45. The van der Waals surface area contributed by atoms with Crippen LogP contribution < -0.4 is 14.2 Å². The molecule has 0 amide bonds. The molecule has 1 atom stereocenters. The number of hydrogen-bond donors (Lipinski definition) is 0. The van der Waals surface area contributed by atoms with Crippen molar-refractivity contribution in [1.29, 1.82) is 0 Å². The molecular weight excluding hydrogens is 252 g/mol. The van der Waals surface area contributed by atoms with E-state index in [1.54, 1.807) is 14.2 Å². The Balaban J connectivity index is 1.88. The SMILES string of the molecule is COc1ccc(C2COc3ccccc3C2)cc1OC. The van der Waals surface area contributed by atoms with Crippen LogP contribution in [0.25, 0.3) is 0 Å². The van der Waals surface area contributed by atoms with Crippen molar-refractivity contribution in [1.82, 2.24) is 0 Å². The van der Waals surface area contributed by atoms with E-state index in [0.717, 1.165) is 23.7 Å². The molecule has 0 bridgehead atoms. The molecule has 0 spiro atoms. The normalized spacial score (nSPS) is 17.0. The van der Waals surface area contributed by atoms with Crippen molar-refractivity contribution in [3.63, 3.8) is 0 Å². The summed E-state index contributed by atoms with van der Waals surface area (Å²) in [5.74, 6) is 2.88. The highest BCUT2D eigenvalue weighted by Crippen LogP contribution is 2.36. The molecule has 1 aliphatic rings. The minimum atomic E-state index is 0.352. The second-order valence-corrected chi connectivity index (χ2v) is 4.93. The van der Waals surface area contributed by atoms with Crippen LogP contribution in [0.4, 0.5) is 0 Å². The van der Waals surface area contributed by atoms with Gasteiger partial charge in [-0.15, -0.1) is 0 Å². The van der Waals surface area contributed by atoms with Crippen LogP contribution in [0.1, 0.15) is 17.0 Å². The average molecular weight is 270 g/mol. The predicted molar refractivity (Wildman–Crippen MR) is 77.9 cm³/mol. The molecule has 3 heteroatoms. The van der Waals surface area contributed by atoms with Gasteiger partial charge in [0.1, 0.15) is 5.75 Å². The van der Waals surface area contributed by atoms with Gasteiger partial charge in [0, 0.05) is 5.92 Å². The van der Waals surface area contributed by atoms with E-state index in [-0.39, 0.29) is 0 Å². The molecule has 0 aliphatic carbocycles. The van der Waals surface area contributed by atoms with Gasteiger partial charge in [-0.05, 0) is 35.7 Å². The average Bonchev–Trinajstić information content (AvgIpc) is 2.53. The van der Waals surface area contributed by atoms with Gasteiger partial charge in [-0.3, -0.25) is 0 Å². The lowest BCUT2D eigenvalue weighted by molar-refractivity contribution is 0.262. The highest BCUT2D eigenvalue weighted by molar-refractivity contribution is 5.45. The zero-order chi connectivity index (χ0) is 13.9. The van der Waals surface area contributed by atoms with E-state index >= 15 is 0 Å². The highest BCUT2D eigenvalue weighted by atomic mass is 16.5. The zero-order valence-corrected chi connectivity index (χ0v) is 11.8. The third-order valence-electron chi connectivity index (χ3n) is 3.76. The summed E-state index contributed by atoms with van der Waals surface area (Å²) in [6.45, 7) is 0.701. The lowest BCUT2D eigenvalue weighted by Gasteiger charge is -2.26. The summed E-state index contributed by atoms with van der Waals surface area (Å²) in [5.41, 5.74) is 2.48. The van der Waals surface area contributed by atoms with Gasteiger partial charge >= 0.3 is 0 Å². The van der Waals surface area contributed by atoms with E-state index in [9.17, 15) is 0 Å². The number of methoxy groups -OCH3 is 2. The lowest BCUT2D eigenvalue weighted by Crippen LogP contribution is -2.19. The van der Waals surface area contributed by atoms with Gasteiger partial charge in [-0.25, -0.2) is 0 Å². The van der Waals surface area contributed by atoms with Crippen LogP contribution in [0.3, 0.4) is 0 Å². The van der Waals surface area contributed by atoms with Gasteiger partial charge in [0.2, 0.25) is 0 Å². The Morgan fingerprint density at radius 1 is 1.00 bits per heavy atom. The molecule has 3 rings (SSSR count). The maximum atomic E-state index is 5.85. The molecule has 0 saturated heterocycles. The van der Waals surface area contributed by atoms with Gasteiger partial charge in [0.25, 0.3) is 0 Å². The van der Waals surface area contributed by atoms with E-state index in [2.05, 4.69) is 18.2 Å². The van der Waals surface area contributed by atoms with E-state index < -0.39 is 0 Å². The van der Waals surface area contributed by atoms with E-state index in [1.165, 1.54) is 11.1 Å². The van der Waals surface area contributed by atoms with Crippen LogP contribution in [-0.2, 0) is 6.42 Å². The first-order valence-electron chi connectivity index (χ1n) is 6.74. The van der Waals surface area contributed by atoms with Crippen molar-refractivity contribution in [3.8, 4) is 17.2 Å². The smallest absolute Gasteiger partial charge is 0.160 e. The van der Waals surface area contributed by atoms with Crippen LogP contribution in [-0.4, -0.2) is 20.8 Å². The Labute approximate surface area is 119 Å². The highest BCUT2D eigenvalue weighted by Gasteiger charge is 2.22. The largest absolute Gasteiger partial charge is 0.493 e. The van der Waals surface area contributed by atoms with E-state index in [1.807, 2.05) is 24.3 Å². The van der Waals surface area contributed by atoms with Gasteiger partial charge in [-0.2, -0.15) is 0 Å². The summed E-state index contributed by atoms with van der Waals surface area (Å²) in [6.07, 6.45) is 0.992. The summed E-state index contributed by atoms with van der Waals surface area (Å²) in [5, 5.41) is 0. The summed E-state index contributed by atoms with van der Waals surface area (Å²) in [7, 11) is 3.31. The maximum Gasteiger partial charge on any atom is 0.160 e. The minimum Gasteiger partial charge on any atom is -0.493 e. The predicted octanol–water partition coefficient (Wildman–Crippen LogP) is 3.42. The molecule has 0 N–H and O–H groups in total. The van der Waals surface area contributed by atoms with Crippen molar-refractivity contribution < 1.29 is 14.2 Å². The van der Waals surface area contributed by atoms with E-state index in [0.29, 0.717) is 12.5 Å². The standard InChI is InChI=1S/C17H18O3/c1-18-16-8-7-12(10-17(16)19-2)14-9-13-5-3-4-6-15(13)20-11-14/h3-8,10,14H,9,11H2,1-2H3. The van der Waals surface area contributed by atoms with Gasteiger partial charge in [-0.1, -0.05) is 24.3 Å². The number of ether oxygens (including phenoxy) is 3. The topological polar surface area (TPSA) is 27.7 Å². The van der Waals surface area contributed by atoms with Crippen molar-refractivity contribution in [3.05, 3.63) is 53.6 Å². The Kier molecular flexibility index (Phi) is 3.50. The molecule has 0 fully saturated rings. The molecule has 1 heterocycles. The van der Waals surface area contributed by atoms with Crippen LogP contribution in [0.2, 0.25) is 0 Å². The molecule has 2 aromatic carbocycles. The number of rotatable bonds is 3. The van der Waals surface area contributed by atoms with Gasteiger partial charge in [0.15, 0.2) is 11.5 Å². The summed E-state index contributed by atoms with van der Waals surface area (Å²) < 4.78 is 16.5. The first kappa shape index (κ1) is 12.9. The van der Waals surface area contributed by atoms with Crippen molar-refractivity contribution in [2.45, 2.75) is 12.3 Å². The summed E-state index contributed by atoms with van der Waals surface area (Å²) >= 11 is 0. The van der Waals surface area contributed by atoms with Gasteiger partial charge in [0.05, 0.1) is 20.8 Å². The Hall–Kier alpha value is -2.16. The molecule has 0 radical (unpaired) electrons. The lowest BCUT2D eigenvalue weighted by atomic mass is 9.90. The fourth-order valence-corrected chi connectivity index (χ4v) is 2.65. The van der Waals surface area contributed by atoms with Crippen molar-refractivity contribution in [2.75, 3.05) is 20.8 Å². The molecular formula is C17H18O3. The fraction of sp³-hybridized carbons (Fsp3) is 0.294. The Bertz CT molecular complexity index is 607. The number of hydrogen-bond acceptors (Lipinski definition) is 3. The zero-order valence-electron chi connectivity index (χ0n) is 11.8. The number of fused-ring (bicyclic) bond motifs is 1. The fourth-order valence-electron chi connectivity index (χ4n) is 2.65. The molecule has 1 aliphatic heterocycles. The molecule has 104 valence electrons. The van der Waals surface area contributed by atoms with Crippen LogP contribution in [0.5, 0.6) is 17.2 Å². The minimum absolute atomic E-state index is 0.352. The molecule has 3 nitrogen and oxygen atoms in total. The Morgan fingerprint density at radius 2 is 1.80 bits per heavy atom. The quantitative estimate of drug-likeness (QED) is 0.855. The summed E-state index contributed by atoms with van der Waals surface area (Å²) in [4.78, 5) is 0. The molecule has 1 unspecified atom stereocenters. The molecule has 20 heavy (non-hydrogen) atoms. The monoisotopic (exact) mass is 270 g/mol. The van der Waals surface area contributed by atoms with Crippen molar-refractivity contribution in [2.24, 2.45) is 0 Å². The van der Waals surface area contributed by atoms with E-state index in [4.69, 9.17) is 14.2 Å². The first-order valence-corrected chi connectivity index (χ1v) is 6.74. The first-order chi connectivity index (χ1) is 9.81. The van der Waals surface area contributed by atoms with Gasteiger partial charge < -0.3 is 14.2 Å². The van der Waals surface area contributed by atoms with Crippen LogP contribution in [0, 0.1) is 0 Å². The third kappa shape index (κ3) is 2.31. The number of para-hydroxylation sites is 1. The van der Waals surface area contributed by atoms with Crippen molar-refractivity contribution >= 4 is 0 Å². The molecule has 0 saturated carbocycles. The van der Waals surface area contributed by atoms with Crippen LogP contribution >= 0.6 is 0 Å². The molecule has 2 aromatic rings. The van der Waals surface area contributed by atoms with Crippen LogP contribution in [0.15, 0.2) is 42.5 Å². The Morgan fingerprint density at radius 3 is 2.60 bits per heavy atom. The molecule has 0 aromatic heterocycles. The third-order valence-corrected chi connectivity index (χ3v) is 3.76. The second-order valence-electron chi connectivity index (χ2n) is 4.93.